The van der Waals surface area contributed by atoms with E-state index in [-0.39, 0.29) is 5.91 Å². The van der Waals surface area contributed by atoms with Crippen LogP contribution in [0.5, 0.6) is 5.75 Å². The molecule has 2 heterocycles. The molecule has 0 aliphatic rings. The van der Waals surface area contributed by atoms with E-state index >= 15 is 0 Å². The molecular weight excluding hydrogens is 384 g/mol. The fraction of sp³-hybridized carbons (Fsp3) is 0.167. The van der Waals surface area contributed by atoms with Gasteiger partial charge in [-0.3, -0.25) is 14.8 Å². The van der Waals surface area contributed by atoms with E-state index in [0.29, 0.717) is 24.4 Å². The number of hydrogen-bond acceptors (Lipinski definition) is 5. The third-order valence-electron chi connectivity index (χ3n) is 3.60. The van der Waals surface area contributed by atoms with E-state index in [0.717, 1.165) is 21.2 Å². The van der Waals surface area contributed by atoms with E-state index in [1.807, 2.05) is 12.1 Å². The van der Waals surface area contributed by atoms with Crippen molar-refractivity contribution in [3.63, 3.8) is 0 Å². The summed E-state index contributed by atoms with van der Waals surface area (Å²) in [4.78, 5) is 20.8. The largest absolute Gasteiger partial charge is 0.497 e. The number of pyridine rings is 2. The van der Waals surface area contributed by atoms with Gasteiger partial charge in [0.25, 0.3) is 5.91 Å². The number of anilines is 1. The molecule has 0 saturated carbocycles. The van der Waals surface area contributed by atoms with E-state index < -0.39 is 0 Å². The summed E-state index contributed by atoms with van der Waals surface area (Å²) in [5.41, 5.74) is 3.05. The zero-order valence-corrected chi connectivity index (χ0v) is 15.2. The maximum absolute atomic E-state index is 12.2. The minimum atomic E-state index is -0.137. The lowest BCUT2D eigenvalue weighted by molar-refractivity contribution is 0.0955. The number of amides is 1. The van der Waals surface area contributed by atoms with E-state index in [9.17, 15) is 4.79 Å². The Hall–Kier alpha value is -2.67. The second-order valence-corrected chi connectivity index (χ2v) is 6.21. The third-order valence-corrected chi connectivity index (χ3v) is 4.04. The fourth-order valence-corrected chi connectivity index (χ4v) is 2.71. The highest BCUT2D eigenvalue weighted by Crippen LogP contribution is 2.21. The number of hydrogen-bond donors (Lipinski definition) is 2. The number of carbonyl (C=O) groups excluding carboxylic acids is 1. The van der Waals surface area contributed by atoms with Crippen LogP contribution in [-0.4, -0.2) is 36.1 Å². The standard InChI is InChI=1S/C18H17BrN4O2/c1-25-14-4-2-3-12(9-14)18(24)22-8-7-21-15-5-6-20-16-10-13(19)11-23-17(15)16/h2-6,9-11H,7-8H2,1H3,(H,20,21)(H,22,24). The summed E-state index contributed by atoms with van der Waals surface area (Å²) < 4.78 is 6.01. The number of halogens is 1. The summed E-state index contributed by atoms with van der Waals surface area (Å²) in [7, 11) is 1.58. The van der Waals surface area contributed by atoms with Crippen molar-refractivity contribution < 1.29 is 9.53 Å². The molecule has 3 aromatic rings. The Labute approximate surface area is 153 Å². The molecule has 0 radical (unpaired) electrons. The van der Waals surface area contributed by atoms with Crippen molar-refractivity contribution in [3.05, 3.63) is 58.8 Å². The van der Waals surface area contributed by atoms with Crippen LogP contribution >= 0.6 is 15.9 Å². The van der Waals surface area contributed by atoms with Crippen molar-refractivity contribution in [2.45, 2.75) is 0 Å². The van der Waals surface area contributed by atoms with Crippen LogP contribution in [0.2, 0.25) is 0 Å². The van der Waals surface area contributed by atoms with Gasteiger partial charge in [0.1, 0.15) is 11.3 Å². The Morgan fingerprint density at radius 2 is 2.08 bits per heavy atom. The van der Waals surface area contributed by atoms with Gasteiger partial charge in [-0.1, -0.05) is 6.07 Å². The summed E-state index contributed by atoms with van der Waals surface area (Å²) in [6.07, 6.45) is 3.47. The smallest absolute Gasteiger partial charge is 0.251 e. The summed E-state index contributed by atoms with van der Waals surface area (Å²) in [6.45, 7) is 1.06. The number of rotatable bonds is 6. The highest BCUT2D eigenvalue weighted by atomic mass is 79.9. The van der Waals surface area contributed by atoms with Crippen LogP contribution < -0.4 is 15.4 Å². The Morgan fingerprint density at radius 1 is 1.20 bits per heavy atom. The summed E-state index contributed by atoms with van der Waals surface area (Å²) >= 11 is 3.39. The monoisotopic (exact) mass is 400 g/mol. The molecule has 1 amide bonds. The van der Waals surface area contributed by atoms with E-state index in [4.69, 9.17) is 4.74 Å². The molecule has 0 atom stereocenters. The van der Waals surface area contributed by atoms with Gasteiger partial charge in [0, 0.05) is 35.5 Å². The highest BCUT2D eigenvalue weighted by molar-refractivity contribution is 9.10. The number of ether oxygens (including phenoxy) is 1. The van der Waals surface area contributed by atoms with Gasteiger partial charge in [-0.25, -0.2) is 0 Å². The van der Waals surface area contributed by atoms with Gasteiger partial charge in [0.05, 0.1) is 18.3 Å². The van der Waals surface area contributed by atoms with Crippen LogP contribution in [0, 0.1) is 0 Å². The highest BCUT2D eigenvalue weighted by Gasteiger charge is 2.07. The van der Waals surface area contributed by atoms with Crippen LogP contribution in [-0.2, 0) is 0 Å². The van der Waals surface area contributed by atoms with E-state index in [1.165, 1.54) is 0 Å². The SMILES string of the molecule is COc1cccc(C(=O)NCCNc2ccnc3cc(Br)cnc23)c1. The third kappa shape index (κ3) is 4.24. The van der Waals surface area contributed by atoms with Gasteiger partial charge in [0.15, 0.2) is 0 Å². The molecule has 0 aliphatic carbocycles. The number of benzene rings is 1. The van der Waals surface area contributed by atoms with Crippen molar-refractivity contribution in [2.24, 2.45) is 0 Å². The molecule has 2 aromatic heterocycles. The van der Waals surface area contributed by atoms with Crippen LogP contribution in [0.1, 0.15) is 10.4 Å². The zero-order valence-electron chi connectivity index (χ0n) is 13.6. The van der Waals surface area contributed by atoms with Gasteiger partial charge >= 0.3 is 0 Å². The second-order valence-electron chi connectivity index (χ2n) is 5.29. The molecule has 7 heteroatoms. The molecule has 0 unspecified atom stereocenters. The number of nitrogens with zero attached hydrogens (tertiary/aromatic N) is 2. The maximum atomic E-state index is 12.2. The Bertz CT molecular complexity index is 901. The van der Waals surface area contributed by atoms with Crippen LogP contribution in [0.4, 0.5) is 5.69 Å². The lowest BCUT2D eigenvalue weighted by Gasteiger charge is -2.10. The van der Waals surface area contributed by atoms with Gasteiger partial charge in [0.2, 0.25) is 0 Å². The first-order valence-electron chi connectivity index (χ1n) is 7.74. The van der Waals surface area contributed by atoms with Crippen molar-refractivity contribution in [2.75, 3.05) is 25.5 Å². The normalized spacial score (nSPS) is 10.5. The number of aromatic nitrogens is 2. The molecule has 25 heavy (non-hydrogen) atoms. The molecule has 1 aromatic carbocycles. The Balaban J connectivity index is 1.57. The second kappa shape index (κ2) is 7.94. The lowest BCUT2D eigenvalue weighted by Crippen LogP contribution is -2.28. The summed E-state index contributed by atoms with van der Waals surface area (Å²) in [6, 6.07) is 10.8. The van der Waals surface area contributed by atoms with Gasteiger partial charge in [-0.15, -0.1) is 0 Å². The average Bonchev–Trinajstić information content (AvgIpc) is 2.64. The molecule has 2 N–H and O–H groups in total. The maximum Gasteiger partial charge on any atom is 0.251 e. The molecule has 128 valence electrons. The summed E-state index contributed by atoms with van der Waals surface area (Å²) in [5.74, 6) is 0.522. The van der Waals surface area contributed by atoms with E-state index in [2.05, 4.69) is 36.5 Å². The van der Waals surface area contributed by atoms with Crippen molar-refractivity contribution in [1.29, 1.82) is 0 Å². The first-order chi connectivity index (χ1) is 12.2. The van der Waals surface area contributed by atoms with Gasteiger partial charge < -0.3 is 15.4 Å². The molecular formula is C18H17BrN4O2. The minimum Gasteiger partial charge on any atom is -0.497 e. The van der Waals surface area contributed by atoms with Crippen LogP contribution in [0.3, 0.4) is 0 Å². The predicted octanol–water partition coefficient (Wildman–Crippen LogP) is 3.24. The first-order valence-corrected chi connectivity index (χ1v) is 8.53. The Morgan fingerprint density at radius 3 is 2.92 bits per heavy atom. The number of carbonyl (C=O) groups is 1. The van der Waals surface area contributed by atoms with Crippen LogP contribution in [0.15, 0.2) is 53.3 Å². The van der Waals surface area contributed by atoms with Crippen molar-refractivity contribution in [1.82, 2.24) is 15.3 Å². The topological polar surface area (TPSA) is 76.1 Å². The fourth-order valence-electron chi connectivity index (χ4n) is 2.39. The number of fused-ring (bicyclic) bond motifs is 1. The first kappa shape index (κ1) is 17.2. The Kier molecular flexibility index (Phi) is 5.45. The van der Waals surface area contributed by atoms with Gasteiger partial charge in [-0.05, 0) is 46.3 Å². The zero-order chi connectivity index (χ0) is 17.6. The molecule has 0 saturated heterocycles. The summed E-state index contributed by atoms with van der Waals surface area (Å²) in [5, 5.41) is 6.16. The average molecular weight is 401 g/mol. The molecule has 6 nitrogen and oxygen atoms in total. The molecule has 3 rings (SSSR count). The lowest BCUT2D eigenvalue weighted by atomic mass is 10.2. The molecule has 0 fully saturated rings. The number of nitrogens with one attached hydrogen (secondary N) is 2. The van der Waals surface area contributed by atoms with E-state index in [1.54, 1.807) is 43.8 Å². The van der Waals surface area contributed by atoms with Crippen LogP contribution in [0.25, 0.3) is 11.0 Å². The quantitative estimate of drug-likeness (QED) is 0.621. The molecule has 0 bridgehead atoms. The van der Waals surface area contributed by atoms with Gasteiger partial charge in [-0.2, -0.15) is 0 Å². The molecule has 0 aliphatic heterocycles. The minimum absolute atomic E-state index is 0.137. The van der Waals surface area contributed by atoms with Crippen molar-refractivity contribution in [3.8, 4) is 5.75 Å². The number of methoxy groups -OCH3 is 1. The molecule has 0 spiro atoms. The van der Waals surface area contributed by atoms with Crippen molar-refractivity contribution >= 4 is 38.6 Å². The predicted molar refractivity (Wildman–Crippen MR) is 101 cm³/mol.